The lowest BCUT2D eigenvalue weighted by atomic mass is 9.99. The van der Waals surface area contributed by atoms with Gasteiger partial charge in [0.05, 0.1) is 6.42 Å². The van der Waals surface area contributed by atoms with E-state index in [1.54, 1.807) is 6.92 Å². The standard InChI is InChI=1S/C6H9NO3.ClH/c1-2-6(10)3-4(8)7-5(6)9;/h10H,2-3H2,1H3,(H,7,8,9);1H. The molecule has 0 aromatic heterocycles. The van der Waals surface area contributed by atoms with Crippen LogP contribution in [0.5, 0.6) is 0 Å². The number of carbonyl (C=O) groups excluding carboxylic acids is 2. The molecule has 1 heterocycles. The summed E-state index contributed by atoms with van der Waals surface area (Å²) >= 11 is 0. The van der Waals surface area contributed by atoms with Gasteiger partial charge in [-0.2, -0.15) is 0 Å². The zero-order valence-electron chi connectivity index (χ0n) is 6.09. The van der Waals surface area contributed by atoms with Crippen molar-refractivity contribution in [3.8, 4) is 0 Å². The fourth-order valence-corrected chi connectivity index (χ4v) is 0.919. The number of carbonyl (C=O) groups is 2. The van der Waals surface area contributed by atoms with Crippen molar-refractivity contribution in [2.75, 3.05) is 0 Å². The van der Waals surface area contributed by atoms with Gasteiger partial charge in [0, 0.05) is 0 Å². The highest BCUT2D eigenvalue weighted by Gasteiger charge is 2.43. The summed E-state index contributed by atoms with van der Waals surface area (Å²) in [4.78, 5) is 21.3. The predicted octanol–water partition coefficient (Wildman–Crippen LogP) is -0.404. The Balaban J connectivity index is 0.000001000. The molecule has 0 aromatic carbocycles. The van der Waals surface area contributed by atoms with Crippen LogP contribution in [-0.4, -0.2) is 22.5 Å². The van der Waals surface area contributed by atoms with Crippen molar-refractivity contribution in [2.45, 2.75) is 25.4 Å². The molecule has 64 valence electrons. The molecule has 0 aromatic rings. The number of nitrogens with one attached hydrogen (secondary N) is 1. The average molecular weight is 180 g/mol. The predicted molar refractivity (Wildman–Crippen MR) is 40.3 cm³/mol. The van der Waals surface area contributed by atoms with Crippen molar-refractivity contribution in [3.63, 3.8) is 0 Å². The Bertz CT molecular complexity index is 194. The van der Waals surface area contributed by atoms with Crippen LogP contribution in [0.3, 0.4) is 0 Å². The summed E-state index contributed by atoms with van der Waals surface area (Å²) in [6.07, 6.45) is 0.187. The van der Waals surface area contributed by atoms with Gasteiger partial charge in [-0.25, -0.2) is 0 Å². The minimum atomic E-state index is -1.43. The van der Waals surface area contributed by atoms with Crippen molar-refractivity contribution >= 4 is 24.2 Å². The van der Waals surface area contributed by atoms with E-state index >= 15 is 0 Å². The van der Waals surface area contributed by atoms with Crippen molar-refractivity contribution in [1.82, 2.24) is 5.32 Å². The Kier molecular flexibility index (Phi) is 3.02. The van der Waals surface area contributed by atoms with Crippen LogP contribution in [0.2, 0.25) is 0 Å². The van der Waals surface area contributed by atoms with Crippen molar-refractivity contribution in [2.24, 2.45) is 0 Å². The number of hydrogen-bond donors (Lipinski definition) is 2. The third-order valence-corrected chi connectivity index (χ3v) is 1.71. The highest BCUT2D eigenvalue weighted by molar-refractivity contribution is 6.07. The van der Waals surface area contributed by atoms with E-state index < -0.39 is 17.4 Å². The van der Waals surface area contributed by atoms with Crippen molar-refractivity contribution < 1.29 is 14.7 Å². The Morgan fingerprint density at radius 1 is 1.64 bits per heavy atom. The third-order valence-electron chi connectivity index (χ3n) is 1.71. The largest absolute Gasteiger partial charge is 0.379 e. The maximum Gasteiger partial charge on any atom is 0.259 e. The van der Waals surface area contributed by atoms with Gasteiger partial charge in [0.1, 0.15) is 0 Å². The number of imide groups is 1. The minimum Gasteiger partial charge on any atom is -0.379 e. The zero-order valence-corrected chi connectivity index (χ0v) is 6.90. The topological polar surface area (TPSA) is 66.4 Å². The van der Waals surface area contributed by atoms with Gasteiger partial charge >= 0.3 is 0 Å². The number of hydrogen-bond acceptors (Lipinski definition) is 3. The quantitative estimate of drug-likeness (QED) is 0.538. The normalized spacial score (nSPS) is 29.6. The lowest BCUT2D eigenvalue weighted by Crippen LogP contribution is -2.36. The fourth-order valence-electron chi connectivity index (χ4n) is 0.919. The molecule has 0 bridgehead atoms. The average Bonchev–Trinajstić information content (AvgIpc) is 2.09. The van der Waals surface area contributed by atoms with Crippen LogP contribution in [-0.2, 0) is 9.59 Å². The summed E-state index contributed by atoms with van der Waals surface area (Å²) in [5, 5.41) is 11.3. The van der Waals surface area contributed by atoms with E-state index in [2.05, 4.69) is 0 Å². The fraction of sp³-hybridized carbons (Fsp3) is 0.667. The Hall–Kier alpha value is -0.610. The van der Waals surface area contributed by atoms with Gasteiger partial charge in [-0.3, -0.25) is 14.9 Å². The molecular weight excluding hydrogens is 170 g/mol. The second-order valence-electron chi connectivity index (χ2n) is 2.44. The summed E-state index contributed by atoms with van der Waals surface area (Å²) in [6.45, 7) is 1.66. The van der Waals surface area contributed by atoms with Crippen LogP contribution in [0.1, 0.15) is 19.8 Å². The van der Waals surface area contributed by atoms with Gasteiger partial charge in [0.2, 0.25) is 5.91 Å². The molecule has 5 heteroatoms. The third kappa shape index (κ3) is 1.70. The smallest absolute Gasteiger partial charge is 0.259 e. The number of rotatable bonds is 1. The molecule has 1 aliphatic rings. The molecule has 0 saturated carbocycles. The van der Waals surface area contributed by atoms with Crippen LogP contribution >= 0.6 is 12.4 Å². The summed E-state index contributed by atoms with van der Waals surface area (Å²) in [5.41, 5.74) is -1.43. The molecule has 2 N–H and O–H groups in total. The lowest BCUT2D eigenvalue weighted by Gasteiger charge is -2.13. The molecule has 1 unspecified atom stereocenters. The van der Waals surface area contributed by atoms with Gasteiger partial charge in [-0.05, 0) is 6.42 Å². The van der Waals surface area contributed by atoms with Crippen LogP contribution in [0.4, 0.5) is 0 Å². The van der Waals surface area contributed by atoms with Gasteiger partial charge in [-0.15, -0.1) is 12.4 Å². The van der Waals surface area contributed by atoms with Gasteiger partial charge < -0.3 is 5.11 Å². The molecule has 1 atom stereocenters. The first kappa shape index (κ1) is 10.4. The molecule has 0 spiro atoms. The molecule has 4 nitrogen and oxygen atoms in total. The van der Waals surface area contributed by atoms with E-state index in [4.69, 9.17) is 0 Å². The van der Waals surface area contributed by atoms with Crippen molar-refractivity contribution in [1.29, 1.82) is 0 Å². The minimum absolute atomic E-state index is 0. The number of amides is 2. The van der Waals surface area contributed by atoms with Crippen LogP contribution < -0.4 is 5.32 Å². The lowest BCUT2D eigenvalue weighted by molar-refractivity contribution is -0.135. The second-order valence-corrected chi connectivity index (χ2v) is 2.44. The van der Waals surface area contributed by atoms with E-state index in [9.17, 15) is 14.7 Å². The first-order valence-corrected chi connectivity index (χ1v) is 3.15. The van der Waals surface area contributed by atoms with Gasteiger partial charge in [0.25, 0.3) is 5.91 Å². The highest BCUT2D eigenvalue weighted by Crippen LogP contribution is 2.19. The van der Waals surface area contributed by atoms with Crippen LogP contribution in [0.15, 0.2) is 0 Å². The molecule has 1 saturated heterocycles. The molecule has 2 amide bonds. The van der Waals surface area contributed by atoms with E-state index in [0.717, 1.165) is 0 Å². The van der Waals surface area contributed by atoms with E-state index in [0.29, 0.717) is 0 Å². The number of aliphatic hydroxyl groups is 1. The zero-order chi connectivity index (χ0) is 7.78. The van der Waals surface area contributed by atoms with Gasteiger partial charge in [0.15, 0.2) is 5.60 Å². The van der Waals surface area contributed by atoms with Gasteiger partial charge in [-0.1, -0.05) is 6.92 Å². The molecule has 1 fully saturated rings. The maximum atomic E-state index is 10.8. The summed E-state index contributed by atoms with van der Waals surface area (Å²) in [5.74, 6) is -0.964. The highest BCUT2D eigenvalue weighted by atomic mass is 35.5. The van der Waals surface area contributed by atoms with Crippen LogP contribution in [0, 0.1) is 0 Å². The number of halogens is 1. The van der Waals surface area contributed by atoms with E-state index in [-0.39, 0.29) is 25.2 Å². The Labute approximate surface area is 70.4 Å². The SMILES string of the molecule is CCC1(O)CC(=O)NC1=O.Cl. The monoisotopic (exact) mass is 179 g/mol. The molecule has 1 aliphatic heterocycles. The summed E-state index contributed by atoms with van der Waals surface area (Å²) in [7, 11) is 0. The first-order chi connectivity index (χ1) is 4.58. The van der Waals surface area contributed by atoms with Crippen molar-refractivity contribution in [3.05, 3.63) is 0 Å². The van der Waals surface area contributed by atoms with E-state index in [1.165, 1.54) is 0 Å². The molecule has 0 radical (unpaired) electrons. The molecule has 11 heavy (non-hydrogen) atoms. The Morgan fingerprint density at radius 2 is 2.18 bits per heavy atom. The molecule has 1 rings (SSSR count). The Morgan fingerprint density at radius 3 is 2.36 bits per heavy atom. The molecule has 0 aliphatic carbocycles. The van der Waals surface area contributed by atoms with Crippen LogP contribution in [0.25, 0.3) is 0 Å². The van der Waals surface area contributed by atoms with E-state index in [1.807, 2.05) is 5.32 Å². The second kappa shape index (κ2) is 3.19. The summed E-state index contributed by atoms with van der Waals surface area (Å²) < 4.78 is 0. The maximum absolute atomic E-state index is 10.8. The summed E-state index contributed by atoms with van der Waals surface area (Å²) in [6, 6.07) is 0. The molecular formula is C6H10ClNO3. The first-order valence-electron chi connectivity index (χ1n) is 3.15.